The van der Waals surface area contributed by atoms with Crippen LogP contribution in [0.4, 0.5) is 0 Å². The predicted molar refractivity (Wildman–Crippen MR) is 248 cm³/mol. The standard InChI is InChI=1S/C58H26O4/c1-21-19-31(54(59)61-2)32(55(60)62-3)20-35(21)56(22-7-5-4-6-8-22)57-33-17-18-34-30-16-14-28-26-12-10-24-23-9-11-25-27-13-15-29(33)42-40(27)45-38(25)36(23)44-37(24)39(26)46-41(28)43(30)53(58(34,56)57)51-49(46)47(44)48(45)50(51)52(42)57/h4-20H,1-3H3. The number of fused-ring (bicyclic) bond motifs is 3. The van der Waals surface area contributed by atoms with Crippen LogP contribution in [-0.2, 0) is 25.7 Å². The molecule has 5 aliphatic carbocycles. The fourth-order valence-electron chi connectivity index (χ4n) is 17.0. The molecule has 2 unspecified atom stereocenters. The monoisotopic (exact) mass is 786 g/mol. The predicted octanol–water partition coefficient (Wildman–Crippen LogP) is 11.1. The molecule has 0 heterocycles. The minimum absolute atomic E-state index is 0.225. The van der Waals surface area contributed by atoms with Crippen molar-refractivity contribution in [2.75, 3.05) is 14.2 Å². The van der Waals surface area contributed by atoms with Gasteiger partial charge in [-0.2, -0.15) is 0 Å². The second-order valence-corrected chi connectivity index (χ2v) is 19.4. The molecule has 4 heteroatoms. The minimum Gasteiger partial charge on any atom is -0.465 e. The molecule has 0 radical (unpaired) electrons. The Bertz CT molecular complexity index is 4560. The minimum atomic E-state index is -0.725. The molecule has 1 fully saturated rings. The second kappa shape index (κ2) is 8.13. The number of carbonyl (C=O) groups excluding carboxylic acids is 2. The van der Waals surface area contributed by atoms with Crippen LogP contribution < -0.4 is 10.4 Å². The van der Waals surface area contributed by atoms with Gasteiger partial charge in [0.05, 0.1) is 41.6 Å². The molecule has 0 aromatic heterocycles. The third-order valence-corrected chi connectivity index (χ3v) is 18.2. The van der Waals surface area contributed by atoms with Crippen molar-refractivity contribution in [3.63, 3.8) is 0 Å². The van der Waals surface area contributed by atoms with Gasteiger partial charge in [-0.05, 0) is 187 Å². The number of allylic oxidation sites excluding steroid dienone is 2. The second-order valence-electron chi connectivity index (χ2n) is 19.4. The number of hydrogen-bond donors (Lipinski definition) is 0. The number of carbonyl (C=O) groups is 2. The van der Waals surface area contributed by atoms with E-state index in [4.69, 9.17) is 9.47 Å². The van der Waals surface area contributed by atoms with Crippen LogP contribution in [0.15, 0.2) is 103 Å². The molecule has 282 valence electrons. The summed E-state index contributed by atoms with van der Waals surface area (Å²) in [6.45, 7) is 2.13. The molecule has 14 aromatic rings. The first-order valence-corrected chi connectivity index (χ1v) is 21.8. The first-order chi connectivity index (χ1) is 30.5. The van der Waals surface area contributed by atoms with Crippen molar-refractivity contribution in [3.05, 3.63) is 153 Å². The third-order valence-electron chi connectivity index (χ3n) is 18.2. The zero-order valence-corrected chi connectivity index (χ0v) is 33.4. The van der Waals surface area contributed by atoms with E-state index in [1.165, 1.54) is 171 Å². The maximum atomic E-state index is 14.1. The van der Waals surface area contributed by atoms with Gasteiger partial charge in [-0.15, -0.1) is 0 Å². The van der Waals surface area contributed by atoms with E-state index in [1.807, 2.05) is 12.1 Å². The van der Waals surface area contributed by atoms with Crippen molar-refractivity contribution in [3.8, 4) is 0 Å². The van der Waals surface area contributed by atoms with Crippen LogP contribution in [0.3, 0.4) is 0 Å². The number of methoxy groups -OCH3 is 2. The number of ether oxygens (including phenoxy) is 2. The SMILES string of the molecule is COC(=O)c1cc(C)c(C2(c3ccccc3)C34C5=c6ccc7c8ccc9c%10ccc%11c%12ccc%13c%14c(c%15c%16c3c6c7c3c8c9c6c%10c%11c(c%14%12)c%15c6c%163)C42C=%13C=C5)cc1C(=O)OC. The lowest BCUT2D eigenvalue weighted by molar-refractivity contribution is 0.0555. The molecule has 5 aliphatic rings. The van der Waals surface area contributed by atoms with Crippen molar-refractivity contribution >= 4 is 142 Å². The smallest absolute Gasteiger partial charge is 0.338 e. The Morgan fingerprint density at radius 1 is 0.419 bits per heavy atom. The van der Waals surface area contributed by atoms with Crippen molar-refractivity contribution < 1.29 is 19.1 Å². The fourth-order valence-corrected chi connectivity index (χ4v) is 17.0. The van der Waals surface area contributed by atoms with E-state index in [0.29, 0.717) is 0 Å². The van der Waals surface area contributed by atoms with Gasteiger partial charge >= 0.3 is 11.9 Å². The van der Waals surface area contributed by atoms with E-state index < -0.39 is 28.2 Å². The Hall–Kier alpha value is -7.56. The highest BCUT2D eigenvalue weighted by Crippen LogP contribution is 2.93. The van der Waals surface area contributed by atoms with Gasteiger partial charge < -0.3 is 9.47 Å². The van der Waals surface area contributed by atoms with E-state index in [2.05, 4.69) is 97.9 Å². The van der Waals surface area contributed by atoms with E-state index in [0.717, 1.165) is 11.1 Å². The van der Waals surface area contributed by atoms with Crippen molar-refractivity contribution in [1.29, 1.82) is 0 Å². The number of benzene rings is 10. The number of aryl methyl sites for hydroxylation is 1. The Balaban J connectivity index is 1.19. The van der Waals surface area contributed by atoms with Crippen molar-refractivity contribution in [2.24, 2.45) is 0 Å². The molecule has 19 rings (SSSR count). The molecule has 0 saturated heterocycles. The normalized spacial score (nSPS) is 23.0. The summed E-state index contributed by atoms with van der Waals surface area (Å²) in [5.41, 5.74) is 7.45. The lowest BCUT2D eigenvalue weighted by atomic mass is 9.68. The molecule has 0 aliphatic heterocycles. The average Bonchev–Trinajstić information content (AvgIpc) is 3.94. The van der Waals surface area contributed by atoms with E-state index in [9.17, 15) is 9.59 Å². The molecule has 0 N–H and O–H groups in total. The van der Waals surface area contributed by atoms with Gasteiger partial charge in [-0.3, -0.25) is 0 Å². The Morgan fingerprint density at radius 2 is 0.806 bits per heavy atom. The quantitative estimate of drug-likeness (QED) is 0.132. The maximum Gasteiger partial charge on any atom is 0.338 e. The first kappa shape index (κ1) is 29.6. The van der Waals surface area contributed by atoms with Crippen LogP contribution in [-0.4, -0.2) is 26.2 Å². The molecule has 4 nitrogen and oxygen atoms in total. The van der Waals surface area contributed by atoms with Gasteiger partial charge in [-0.25, -0.2) is 9.59 Å². The summed E-state index contributed by atoms with van der Waals surface area (Å²) < 4.78 is 10.8. The molecular formula is C58H26O4. The van der Waals surface area contributed by atoms with Crippen molar-refractivity contribution in [1.82, 2.24) is 0 Å². The van der Waals surface area contributed by atoms with Gasteiger partial charge in [0.2, 0.25) is 0 Å². The Kier molecular flexibility index (Phi) is 3.89. The highest BCUT2D eigenvalue weighted by Gasteiger charge is 2.94. The van der Waals surface area contributed by atoms with Crippen molar-refractivity contribution in [2.45, 2.75) is 23.2 Å². The molecule has 0 amide bonds. The summed E-state index contributed by atoms with van der Waals surface area (Å²) in [5, 5.41) is 33.8. The summed E-state index contributed by atoms with van der Waals surface area (Å²) in [4.78, 5) is 27.6. The fraction of sp³-hybridized carbons (Fsp3) is 0.103. The van der Waals surface area contributed by atoms with Gasteiger partial charge in [0.1, 0.15) is 0 Å². The van der Waals surface area contributed by atoms with Gasteiger partial charge in [0.15, 0.2) is 0 Å². The topological polar surface area (TPSA) is 52.6 Å². The summed E-state index contributed by atoms with van der Waals surface area (Å²) in [7, 11) is 2.77. The number of esters is 2. The molecule has 14 aromatic carbocycles. The van der Waals surface area contributed by atoms with Gasteiger partial charge in [0.25, 0.3) is 0 Å². The molecule has 2 atom stereocenters. The molecule has 2 spiro atoms. The average molecular weight is 787 g/mol. The Morgan fingerprint density at radius 3 is 1.26 bits per heavy atom. The summed E-state index contributed by atoms with van der Waals surface area (Å²) in [5.74, 6) is -1.10. The van der Waals surface area contributed by atoms with E-state index in [-0.39, 0.29) is 11.1 Å². The number of rotatable bonds is 4. The van der Waals surface area contributed by atoms with E-state index in [1.54, 1.807) is 0 Å². The summed E-state index contributed by atoms with van der Waals surface area (Å²) in [6.07, 6.45) is 4.96. The van der Waals surface area contributed by atoms with Crippen LogP contribution in [0.25, 0.3) is 130 Å². The molecular weight excluding hydrogens is 761 g/mol. The lowest BCUT2D eigenvalue weighted by Crippen LogP contribution is -2.27. The van der Waals surface area contributed by atoms with Gasteiger partial charge in [0, 0.05) is 0 Å². The van der Waals surface area contributed by atoms with Crippen LogP contribution in [0, 0.1) is 6.92 Å². The summed E-state index contributed by atoms with van der Waals surface area (Å²) >= 11 is 0. The first-order valence-electron chi connectivity index (χ1n) is 21.8. The lowest BCUT2D eigenvalue weighted by Gasteiger charge is -2.32. The Labute approximate surface area is 349 Å². The van der Waals surface area contributed by atoms with E-state index >= 15 is 0 Å². The van der Waals surface area contributed by atoms with Crippen LogP contribution in [0.2, 0.25) is 0 Å². The highest BCUT2D eigenvalue weighted by molar-refractivity contribution is 6.64. The maximum absolute atomic E-state index is 14.1. The number of hydrogen-bond acceptors (Lipinski definition) is 4. The van der Waals surface area contributed by atoms with Crippen LogP contribution >= 0.6 is 0 Å². The zero-order valence-electron chi connectivity index (χ0n) is 33.4. The molecule has 1 saturated carbocycles. The van der Waals surface area contributed by atoms with Crippen LogP contribution in [0.5, 0.6) is 0 Å². The molecule has 62 heavy (non-hydrogen) atoms. The zero-order chi connectivity index (χ0) is 40.1. The largest absolute Gasteiger partial charge is 0.465 e. The molecule has 0 bridgehead atoms. The van der Waals surface area contributed by atoms with Gasteiger partial charge in [-0.1, -0.05) is 91.0 Å². The third kappa shape index (κ3) is 2.14. The highest BCUT2D eigenvalue weighted by atomic mass is 16.5. The summed E-state index contributed by atoms with van der Waals surface area (Å²) in [6, 6.07) is 34.6. The van der Waals surface area contributed by atoms with Crippen LogP contribution in [0.1, 0.15) is 48.5 Å².